The second-order valence-electron chi connectivity index (χ2n) is 5.06. The van der Waals surface area contributed by atoms with Crippen molar-refractivity contribution >= 4 is 5.97 Å². The van der Waals surface area contributed by atoms with Gasteiger partial charge in [-0.3, -0.25) is 0 Å². The van der Waals surface area contributed by atoms with E-state index in [1.807, 2.05) is 6.92 Å². The standard InChI is InChI=1S/C14H22O5/c1-10(2)9-14(3,17-4)12-6-5-11(19-12)13(16)18-8-7-15/h5-6,10,15H,7-9H2,1-4H3. The van der Waals surface area contributed by atoms with Gasteiger partial charge < -0.3 is 19.0 Å². The van der Waals surface area contributed by atoms with Crippen molar-refractivity contribution in [3.05, 3.63) is 23.7 Å². The van der Waals surface area contributed by atoms with Crippen LogP contribution in [0.1, 0.15) is 43.5 Å². The minimum absolute atomic E-state index is 0.0393. The van der Waals surface area contributed by atoms with Gasteiger partial charge >= 0.3 is 5.97 Å². The fourth-order valence-electron chi connectivity index (χ4n) is 2.00. The normalized spacial score (nSPS) is 14.4. The van der Waals surface area contributed by atoms with Gasteiger partial charge in [-0.05, 0) is 31.4 Å². The van der Waals surface area contributed by atoms with Crippen LogP contribution < -0.4 is 0 Å². The van der Waals surface area contributed by atoms with Crippen molar-refractivity contribution in [1.29, 1.82) is 0 Å². The molecule has 1 aromatic heterocycles. The van der Waals surface area contributed by atoms with E-state index in [4.69, 9.17) is 19.0 Å². The summed E-state index contributed by atoms with van der Waals surface area (Å²) in [4.78, 5) is 11.6. The van der Waals surface area contributed by atoms with Crippen LogP contribution in [0.4, 0.5) is 0 Å². The molecule has 1 unspecified atom stereocenters. The zero-order valence-corrected chi connectivity index (χ0v) is 11.9. The third-order valence-corrected chi connectivity index (χ3v) is 2.90. The molecule has 1 aromatic rings. The van der Waals surface area contributed by atoms with Crippen molar-refractivity contribution in [1.82, 2.24) is 0 Å². The van der Waals surface area contributed by atoms with E-state index in [0.29, 0.717) is 11.7 Å². The average Bonchev–Trinajstić information content (AvgIpc) is 2.85. The maximum atomic E-state index is 11.6. The van der Waals surface area contributed by atoms with E-state index in [9.17, 15) is 4.79 Å². The number of carbonyl (C=O) groups excluding carboxylic acids is 1. The average molecular weight is 270 g/mol. The number of furan rings is 1. The molecule has 0 aliphatic carbocycles. The monoisotopic (exact) mass is 270 g/mol. The summed E-state index contributed by atoms with van der Waals surface area (Å²) in [5.41, 5.74) is -0.566. The smallest absolute Gasteiger partial charge is 0.374 e. The maximum absolute atomic E-state index is 11.6. The molecule has 1 atom stereocenters. The molecule has 1 heterocycles. The van der Waals surface area contributed by atoms with Crippen molar-refractivity contribution < 1.29 is 23.8 Å². The predicted octanol–water partition coefficient (Wildman–Crippen LogP) is 2.34. The molecule has 1 rings (SSSR count). The fraction of sp³-hybridized carbons (Fsp3) is 0.643. The van der Waals surface area contributed by atoms with Crippen molar-refractivity contribution in [3.63, 3.8) is 0 Å². The Balaban J connectivity index is 2.84. The Labute approximate surface area is 113 Å². The Bertz CT molecular complexity index is 410. The molecule has 5 heteroatoms. The van der Waals surface area contributed by atoms with Crippen LogP contribution in [0.5, 0.6) is 0 Å². The summed E-state index contributed by atoms with van der Waals surface area (Å²) < 4.78 is 15.8. The lowest BCUT2D eigenvalue weighted by atomic mass is 9.92. The lowest BCUT2D eigenvalue weighted by molar-refractivity contribution is -0.0330. The van der Waals surface area contributed by atoms with Crippen LogP contribution in [0.25, 0.3) is 0 Å². The first-order chi connectivity index (χ1) is 8.92. The minimum atomic E-state index is -0.580. The molecule has 0 spiro atoms. The SMILES string of the molecule is COC(C)(CC(C)C)c1ccc(C(=O)OCCO)o1. The van der Waals surface area contributed by atoms with Gasteiger partial charge in [0.05, 0.1) is 6.61 Å². The highest BCUT2D eigenvalue weighted by atomic mass is 16.6. The zero-order chi connectivity index (χ0) is 14.5. The zero-order valence-electron chi connectivity index (χ0n) is 11.9. The summed E-state index contributed by atoms with van der Waals surface area (Å²) in [7, 11) is 1.62. The molecule has 0 aromatic carbocycles. The number of aliphatic hydroxyl groups is 1. The van der Waals surface area contributed by atoms with Crippen LogP contribution in [0.3, 0.4) is 0 Å². The van der Waals surface area contributed by atoms with Gasteiger partial charge in [0.25, 0.3) is 0 Å². The number of esters is 1. The molecular weight excluding hydrogens is 248 g/mol. The molecule has 0 saturated heterocycles. The second kappa shape index (κ2) is 6.73. The van der Waals surface area contributed by atoms with Gasteiger partial charge in [0, 0.05) is 7.11 Å². The second-order valence-corrected chi connectivity index (χ2v) is 5.06. The Morgan fingerprint density at radius 2 is 2.16 bits per heavy atom. The molecule has 0 amide bonds. The molecule has 19 heavy (non-hydrogen) atoms. The summed E-state index contributed by atoms with van der Waals surface area (Å²) in [5.74, 6) is 0.568. The van der Waals surface area contributed by atoms with Gasteiger partial charge in [0.15, 0.2) is 0 Å². The lowest BCUT2D eigenvalue weighted by Gasteiger charge is -2.27. The van der Waals surface area contributed by atoms with Crippen molar-refractivity contribution in [2.24, 2.45) is 5.92 Å². The Morgan fingerprint density at radius 3 is 2.68 bits per heavy atom. The number of ether oxygens (including phenoxy) is 2. The third kappa shape index (κ3) is 4.08. The summed E-state index contributed by atoms with van der Waals surface area (Å²) in [6.45, 7) is 5.87. The number of rotatable bonds is 7. The Kier molecular flexibility index (Phi) is 5.57. The van der Waals surface area contributed by atoms with Gasteiger partial charge in [-0.2, -0.15) is 0 Å². The first-order valence-corrected chi connectivity index (χ1v) is 6.36. The summed E-state index contributed by atoms with van der Waals surface area (Å²) in [6.07, 6.45) is 0.780. The van der Waals surface area contributed by atoms with Gasteiger partial charge in [-0.25, -0.2) is 4.79 Å². The van der Waals surface area contributed by atoms with Gasteiger partial charge in [-0.1, -0.05) is 13.8 Å². The van der Waals surface area contributed by atoms with Crippen molar-refractivity contribution in [3.8, 4) is 0 Å². The highest BCUT2D eigenvalue weighted by Gasteiger charge is 2.31. The quantitative estimate of drug-likeness (QED) is 0.770. The highest BCUT2D eigenvalue weighted by molar-refractivity contribution is 5.86. The maximum Gasteiger partial charge on any atom is 0.374 e. The lowest BCUT2D eigenvalue weighted by Crippen LogP contribution is -2.25. The van der Waals surface area contributed by atoms with Crippen LogP contribution in [-0.2, 0) is 15.1 Å². The molecular formula is C14H22O5. The van der Waals surface area contributed by atoms with Crippen LogP contribution in [0, 0.1) is 5.92 Å². The van der Waals surface area contributed by atoms with Gasteiger partial charge in [-0.15, -0.1) is 0 Å². The van der Waals surface area contributed by atoms with Crippen LogP contribution >= 0.6 is 0 Å². The molecule has 1 N–H and O–H groups in total. The topological polar surface area (TPSA) is 68.9 Å². The third-order valence-electron chi connectivity index (χ3n) is 2.90. The fourth-order valence-corrected chi connectivity index (χ4v) is 2.00. The Hall–Kier alpha value is -1.33. The van der Waals surface area contributed by atoms with E-state index >= 15 is 0 Å². The number of methoxy groups -OCH3 is 1. The van der Waals surface area contributed by atoms with E-state index in [1.165, 1.54) is 0 Å². The number of aliphatic hydroxyl groups excluding tert-OH is 1. The largest absolute Gasteiger partial charge is 0.457 e. The van der Waals surface area contributed by atoms with E-state index in [2.05, 4.69) is 13.8 Å². The summed E-state index contributed by atoms with van der Waals surface area (Å²) in [5, 5.41) is 8.61. The molecule has 108 valence electrons. The molecule has 0 saturated carbocycles. The molecule has 0 aliphatic rings. The molecule has 0 radical (unpaired) electrons. The Morgan fingerprint density at radius 1 is 1.47 bits per heavy atom. The summed E-state index contributed by atoms with van der Waals surface area (Å²) in [6, 6.07) is 3.29. The van der Waals surface area contributed by atoms with E-state index in [0.717, 1.165) is 6.42 Å². The molecule has 0 fully saturated rings. The number of carbonyl (C=O) groups is 1. The number of hydrogen-bond acceptors (Lipinski definition) is 5. The molecule has 5 nitrogen and oxygen atoms in total. The highest BCUT2D eigenvalue weighted by Crippen LogP contribution is 2.33. The molecule has 0 aliphatic heterocycles. The van der Waals surface area contributed by atoms with Crippen LogP contribution in [0.15, 0.2) is 16.5 Å². The first kappa shape index (κ1) is 15.7. The van der Waals surface area contributed by atoms with Gasteiger partial charge in [0.2, 0.25) is 5.76 Å². The van der Waals surface area contributed by atoms with E-state index in [1.54, 1.807) is 19.2 Å². The van der Waals surface area contributed by atoms with Crippen LogP contribution in [-0.4, -0.2) is 31.4 Å². The van der Waals surface area contributed by atoms with Gasteiger partial charge in [0.1, 0.15) is 18.0 Å². The molecule has 0 bridgehead atoms. The van der Waals surface area contributed by atoms with Crippen LogP contribution in [0.2, 0.25) is 0 Å². The van der Waals surface area contributed by atoms with Crippen molar-refractivity contribution in [2.75, 3.05) is 20.3 Å². The summed E-state index contributed by atoms with van der Waals surface area (Å²) >= 11 is 0. The predicted molar refractivity (Wildman–Crippen MR) is 69.9 cm³/mol. The van der Waals surface area contributed by atoms with Crippen molar-refractivity contribution in [2.45, 2.75) is 32.8 Å². The minimum Gasteiger partial charge on any atom is -0.457 e. The number of hydrogen-bond donors (Lipinski definition) is 1. The van der Waals surface area contributed by atoms with E-state index < -0.39 is 11.6 Å². The van der Waals surface area contributed by atoms with E-state index in [-0.39, 0.29) is 19.0 Å². The first-order valence-electron chi connectivity index (χ1n) is 6.36.